The van der Waals surface area contributed by atoms with Crippen molar-refractivity contribution in [2.24, 2.45) is 0 Å². The third kappa shape index (κ3) is 2.28. The number of hydrogen-bond acceptors (Lipinski definition) is 4. The van der Waals surface area contributed by atoms with Gasteiger partial charge in [-0.1, -0.05) is 0 Å². The third-order valence-corrected chi connectivity index (χ3v) is 5.21. The molecule has 1 saturated heterocycles. The fourth-order valence-electron chi connectivity index (χ4n) is 2.87. The minimum Gasteiger partial charge on any atom is -0.380 e. The number of carbonyl (C=O) groups excluding carboxylic acids is 1. The number of nitrogens with one attached hydrogen (secondary N) is 1. The first-order valence-corrected chi connectivity index (χ1v) is 8.13. The number of ether oxygens (including phenoxy) is 1. The van der Waals surface area contributed by atoms with Crippen molar-refractivity contribution >= 4 is 17.2 Å². The molecule has 3 rings (SSSR count). The number of hydrogen-bond donors (Lipinski definition) is 1. The summed E-state index contributed by atoms with van der Waals surface area (Å²) >= 11 is 1.76. The number of amides is 1. The fraction of sp³-hybridized carbons (Fsp3) is 0.667. The lowest BCUT2D eigenvalue weighted by Crippen LogP contribution is -2.41. The van der Waals surface area contributed by atoms with Crippen LogP contribution in [0.25, 0.3) is 0 Å². The molecule has 2 atom stereocenters. The molecule has 2 fully saturated rings. The molecule has 1 spiro atoms. The highest BCUT2D eigenvalue weighted by molar-refractivity contribution is 7.12. The third-order valence-electron chi connectivity index (χ3n) is 4.15. The summed E-state index contributed by atoms with van der Waals surface area (Å²) in [6.45, 7) is 7.45. The van der Waals surface area contributed by atoms with Crippen molar-refractivity contribution < 1.29 is 9.53 Å². The molecule has 1 N–H and O–H groups in total. The lowest BCUT2D eigenvalue weighted by Gasteiger charge is -2.29. The molecule has 5 heteroatoms. The van der Waals surface area contributed by atoms with Crippen molar-refractivity contribution in [3.05, 3.63) is 21.9 Å². The highest BCUT2D eigenvalue weighted by atomic mass is 32.1. The van der Waals surface area contributed by atoms with E-state index in [9.17, 15) is 4.79 Å². The predicted octanol–water partition coefficient (Wildman–Crippen LogP) is 2.44. The lowest BCUT2D eigenvalue weighted by molar-refractivity contribution is -0.134. The van der Waals surface area contributed by atoms with Gasteiger partial charge in [0.25, 0.3) is 0 Å². The summed E-state index contributed by atoms with van der Waals surface area (Å²) in [6.07, 6.45) is 1.94. The molecule has 1 saturated carbocycles. The normalized spacial score (nSPS) is 25.4. The molecule has 4 nitrogen and oxygen atoms in total. The maximum Gasteiger partial charge on any atom is 0.244 e. The predicted molar refractivity (Wildman–Crippen MR) is 79.7 cm³/mol. The van der Waals surface area contributed by atoms with E-state index in [-0.39, 0.29) is 23.7 Å². The Morgan fingerprint density at radius 3 is 2.85 bits per heavy atom. The number of rotatable bonds is 5. The van der Waals surface area contributed by atoms with E-state index in [4.69, 9.17) is 4.74 Å². The van der Waals surface area contributed by atoms with Crippen molar-refractivity contribution in [1.29, 1.82) is 0 Å². The summed E-state index contributed by atoms with van der Waals surface area (Å²) in [5.74, 6) is 0.251. The van der Waals surface area contributed by atoms with Gasteiger partial charge in [0.15, 0.2) is 0 Å². The minimum atomic E-state index is -0.275. The van der Waals surface area contributed by atoms with Crippen molar-refractivity contribution in [2.45, 2.75) is 51.4 Å². The smallest absolute Gasteiger partial charge is 0.244 e. The Balaban J connectivity index is 1.84. The number of aryl methyl sites for hydroxylation is 1. The van der Waals surface area contributed by atoms with Crippen LogP contribution in [0.3, 0.4) is 0 Å². The molecule has 0 bridgehead atoms. The van der Waals surface area contributed by atoms with E-state index >= 15 is 0 Å². The van der Waals surface area contributed by atoms with Gasteiger partial charge in [-0.2, -0.15) is 0 Å². The Hall–Kier alpha value is -0.910. The van der Waals surface area contributed by atoms with Crippen molar-refractivity contribution in [3.8, 4) is 0 Å². The molecule has 110 valence electrons. The van der Waals surface area contributed by atoms with Crippen LogP contribution >= 0.6 is 11.3 Å². The van der Waals surface area contributed by atoms with E-state index in [2.05, 4.69) is 31.3 Å². The monoisotopic (exact) mass is 294 g/mol. The molecule has 1 aromatic rings. The molecule has 1 aliphatic heterocycles. The fourth-order valence-corrected chi connectivity index (χ4v) is 3.80. The molecule has 2 heterocycles. The second-order valence-electron chi connectivity index (χ2n) is 5.80. The van der Waals surface area contributed by atoms with Gasteiger partial charge in [0.2, 0.25) is 5.91 Å². The van der Waals surface area contributed by atoms with Crippen LogP contribution in [0.5, 0.6) is 0 Å². The Bertz CT molecular complexity index is 510. The molecule has 0 radical (unpaired) electrons. The Morgan fingerprint density at radius 1 is 1.55 bits per heavy atom. The second kappa shape index (κ2) is 5.13. The van der Waals surface area contributed by atoms with Gasteiger partial charge in [-0.3, -0.25) is 10.1 Å². The van der Waals surface area contributed by atoms with Crippen LogP contribution in [-0.2, 0) is 9.53 Å². The zero-order valence-corrected chi connectivity index (χ0v) is 13.1. The van der Waals surface area contributed by atoms with Crippen LogP contribution in [0.1, 0.15) is 42.6 Å². The molecule has 20 heavy (non-hydrogen) atoms. The first kappa shape index (κ1) is 14.0. The molecule has 1 amide bonds. The number of thiophene rings is 1. The Labute approximate surface area is 124 Å². The van der Waals surface area contributed by atoms with Gasteiger partial charge >= 0.3 is 0 Å². The van der Waals surface area contributed by atoms with Gasteiger partial charge in [-0.15, -0.1) is 11.3 Å². The van der Waals surface area contributed by atoms with Crippen LogP contribution in [0.15, 0.2) is 12.1 Å². The molecular formula is C15H22N2O2S. The summed E-state index contributed by atoms with van der Waals surface area (Å²) < 4.78 is 5.52. The van der Waals surface area contributed by atoms with Crippen molar-refractivity contribution in [1.82, 2.24) is 10.2 Å². The van der Waals surface area contributed by atoms with E-state index in [0.717, 1.165) is 12.8 Å². The summed E-state index contributed by atoms with van der Waals surface area (Å²) in [4.78, 5) is 17.2. The minimum absolute atomic E-state index is 0.0131. The average Bonchev–Trinajstić information content (AvgIpc) is 2.99. The Kier molecular flexibility index (Phi) is 3.60. The van der Waals surface area contributed by atoms with E-state index < -0.39 is 0 Å². The summed E-state index contributed by atoms with van der Waals surface area (Å²) in [5, 5.41) is 3.56. The van der Waals surface area contributed by atoms with E-state index in [1.54, 1.807) is 11.3 Å². The zero-order valence-electron chi connectivity index (χ0n) is 12.3. The van der Waals surface area contributed by atoms with Gasteiger partial charge in [0.05, 0.1) is 12.6 Å². The highest BCUT2D eigenvalue weighted by Crippen LogP contribution is 2.47. The maximum absolute atomic E-state index is 12.7. The number of carbonyl (C=O) groups is 1. The standard InChI is InChI=1S/C15H22N2O2S/c1-4-19-9-10(2)17-13(12-6-5-11(3)20-12)16-15(7-8-15)14(17)18/h5-6,10,13,16H,4,7-9H2,1-3H3. The Morgan fingerprint density at radius 2 is 2.30 bits per heavy atom. The van der Waals surface area contributed by atoms with Crippen molar-refractivity contribution in [3.63, 3.8) is 0 Å². The van der Waals surface area contributed by atoms with Gasteiger partial charge in [0.1, 0.15) is 11.7 Å². The molecule has 2 aliphatic rings. The summed E-state index contributed by atoms with van der Waals surface area (Å²) in [7, 11) is 0. The van der Waals surface area contributed by atoms with E-state index in [0.29, 0.717) is 13.2 Å². The first-order chi connectivity index (χ1) is 9.57. The highest BCUT2D eigenvalue weighted by Gasteiger charge is 2.60. The molecular weight excluding hydrogens is 272 g/mol. The number of nitrogens with zero attached hydrogens (tertiary/aromatic N) is 1. The van der Waals surface area contributed by atoms with Crippen LogP contribution in [-0.4, -0.2) is 35.6 Å². The van der Waals surface area contributed by atoms with Crippen LogP contribution < -0.4 is 5.32 Å². The molecule has 1 aromatic heterocycles. The largest absolute Gasteiger partial charge is 0.380 e. The van der Waals surface area contributed by atoms with Gasteiger partial charge < -0.3 is 9.64 Å². The van der Waals surface area contributed by atoms with Crippen molar-refractivity contribution in [2.75, 3.05) is 13.2 Å². The van der Waals surface area contributed by atoms with Gasteiger partial charge in [0, 0.05) is 16.4 Å². The quantitative estimate of drug-likeness (QED) is 0.907. The second-order valence-corrected chi connectivity index (χ2v) is 7.12. The van der Waals surface area contributed by atoms with Gasteiger partial charge in [-0.05, 0) is 45.7 Å². The van der Waals surface area contributed by atoms with Crippen LogP contribution in [0.4, 0.5) is 0 Å². The topological polar surface area (TPSA) is 41.6 Å². The summed E-state index contributed by atoms with van der Waals surface area (Å²) in [5.41, 5.74) is -0.275. The first-order valence-electron chi connectivity index (χ1n) is 7.32. The SMILES string of the molecule is CCOCC(C)N1C(=O)C2(CC2)NC1c1ccc(C)s1. The van der Waals surface area contributed by atoms with E-state index in [1.807, 2.05) is 11.8 Å². The average molecular weight is 294 g/mol. The zero-order chi connectivity index (χ0) is 14.3. The van der Waals surface area contributed by atoms with Crippen LogP contribution in [0, 0.1) is 6.92 Å². The molecule has 2 unspecified atom stereocenters. The molecule has 0 aromatic carbocycles. The van der Waals surface area contributed by atoms with E-state index in [1.165, 1.54) is 9.75 Å². The lowest BCUT2D eigenvalue weighted by atomic mass is 10.2. The maximum atomic E-state index is 12.7. The van der Waals surface area contributed by atoms with Gasteiger partial charge in [-0.25, -0.2) is 0 Å². The summed E-state index contributed by atoms with van der Waals surface area (Å²) in [6, 6.07) is 4.35. The molecule has 1 aliphatic carbocycles. The van der Waals surface area contributed by atoms with Crippen LogP contribution in [0.2, 0.25) is 0 Å².